The zero-order chi connectivity index (χ0) is 15.2. The Kier molecular flexibility index (Phi) is 4.77. The van der Waals surface area contributed by atoms with Crippen molar-refractivity contribution in [2.45, 2.75) is 5.16 Å². The first-order valence-electron chi connectivity index (χ1n) is 5.87. The molecule has 0 saturated heterocycles. The van der Waals surface area contributed by atoms with E-state index in [0.717, 1.165) is 11.8 Å². The van der Waals surface area contributed by atoms with Crippen LogP contribution in [0.5, 0.6) is 0 Å². The van der Waals surface area contributed by atoms with Crippen LogP contribution >= 0.6 is 11.8 Å². The van der Waals surface area contributed by atoms with Crippen LogP contribution in [-0.2, 0) is 9.53 Å². The van der Waals surface area contributed by atoms with Crippen LogP contribution in [0.25, 0.3) is 0 Å². The Morgan fingerprint density at radius 2 is 2.19 bits per heavy atom. The van der Waals surface area contributed by atoms with Crippen molar-refractivity contribution < 1.29 is 14.3 Å². The molecule has 0 aliphatic carbocycles. The third kappa shape index (κ3) is 3.72. The quantitative estimate of drug-likeness (QED) is 0.470. The van der Waals surface area contributed by atoms with Crippen molar-refractivity contribution in [3.63, 3.8) is 0 Å². The minimum Gasteiger partial charge on any atom is -0.465 e. The SMILES string of the molecule is COC(=O)c1ccccc1NC(=O)CSc1nncn1N. The molecule has 21 heavy (non-hydrogen) atoms. The van der Waals surface area contributed by atoms with Crippen LogP contribution in [0.4, 0.5) is 5.69 Å². The van der Waals surface area contributed by atoms with Gasteiger partial charge in [-0.25, -0.2) is 9.47 Å². The van der Waals surface area contributed by atoms with Crippen molar-refractivity contribution >= 4 is 29.3 Å². The maximum atomic E-state index is 11.9. The average Bonchev–Trinajstić information content (AvgIpc) is 2.90. The summed E-state index contributed by atoms with van der Waals surface area (Å²) in [5, 5.41) is 10.4. The molecule has 0 radical (unpaired) electrons. The first-order valence-corrected chi connectivity index (χ1v) is 6.85. The fraction of sp³-hybridized carbons (Fsp3) is 0.167. The second-order valence-electron chi connectivity index (χ2n) is 3.89. The second kappa shape index (κ2) is 6.75. The van der Waals surface area contributed by atoms with Gasteiger partial charge >= 0.3 is 5.97 Å². The smallest absolute Gasteiger partial charge is 0.339 e. The fourth-order valence-corrected chi connectivity index (χ4v) is 2.17. The van der Waals surface area contributed by atoms with Gasteiger partial charge in [-0.3, -0.25) is 4.79 Å². The highest BCUT2D eigenvalue weighted by Crippen LogP contribution is 2.18. The molecule has 2 aromatic rings. The number of esters is 1. The molecule has 8 nitrogen and oxygen atoms in total. The number of methoxy groups -OCH3 is 1. The van der Waals surface area contributed by atoms with Crippen molar-refractivity contribution in [2.75, 3.05) is 24.0 Å². The van der Waals surface area contributed by atoms with Crippen LogP contribution in [0.3, 0.4) is 0 Å². The number of hydrogen-bond donors (Lipinski definition) is 2. The number of nitrogens with two attached hydrogens (primary N) is 1. The van der Waals surface area contributed by atoms with E-state index >= 15 is 0 Å². The van der Waals surface area contributed by atoms with Crippen LogP contribution in [0.15, 0.2) is 35.7 Å². The first kappa shape index (κ1) is 14.9. The highest BCUT2D eigenvalue weighted by molar-refractivity contribution is 7.99. The number of amides is 1. The Labute approximate surface area is 124 Å². The topological polar surface area (TPSA) is 112 Å². The number of anilines is 1. The van der Waals surface area contributed by atoms with Crippen LogP contribution in [-0.4, -0.2) is 39.6 Å². The number of rotatable bonds is 5. The molecule has 2 rings (SSSR count). The molecule has 0 bridgehead atoms. The van der Waals surface area contributed by atoms with Gasteiger partial charge < -0.3 is 15.9 Å². The van der Waals surface area contributed by atoms with Crippen molar-refractivity contribution in [2.24, 2.45) is 0 Å². The van der Waals surface area contributed by atoms with Gasteiger partial charge in [-0.2, -0.15) is 0 Å². The van der Waals surface area contributed by atoms with Crippen molar-refractivity contribution in [1.29, 1.82) is 0 Å². The fourth-order valence-electron chi connectivity index (χ4n) is 1.53. The number of ether oxygens (including phenoxy) is 1. The van der Waals surface area contributed by atoms with E-state index in [2.05, 4.69) is 20.3 Å². The van der Waals surface area contributed by atoms with Crippen molar-refractivity contribution in [3.8, 4) is 0 Å². The van der Waals surface area contributed by atoms with Crippen molar-refractivity contribution in [1.82, 2.24) is 14.9 Å². The lowest BCUT2D eigenvalue weighted by molar-refractivity contribution is -0.113. The van der Waals surface area contributed by atoms with Gasteiger partial charge in [-0.05, 0) is 12.1 Å². The summed E-state index contributed by atoms with van der Waals surface area (Å²) in [7, 11) is 1.28. The Bertz CT molecular complexity index is 658. The predicted octanol–water partition coefficient (Wildman–Crippen LogP) is 0.509. The Balaban J connectivity index is 2.00. The summed E-state index contributed by atoms with van der Waals surface area (Å²) in [6, 6.07) is 6.60. The normalized spacial score (nSPS) is 10.1. The van der Waals surface area contributed by atoms with Gasteiger partial charge in [0.1, 0.15) is 6.33 Å². The predicted molar refractivity (Wildman–Crippen MR) is 77.3 cm³/mol. The summed E-state index contributed by atoms with van der Waals surface area (Å²) >= 11 is 1.14. The minimum atomic E-state index is -0.514. The molecule has 1 amide bonds. The molecule has 0 saturated carbocycles. The van der Waals surface area contributed by atoms with E-state index in [1.807, 2.05) is 0 Å². The lowest BCUT2D eigenvalue weighted by atomic mass is 10.2. The summed E-state index contributed by atoms with van der Waals surface area (Å²) in [5.41, 5.74) is 0.685. The number of para-hydroxylation sites is 1. The number of hydrogen-bond acceptors (Lipinski definition) is 7. The van der Waals surface area contributed by atoms with E-state index in [0.29, 0.717) is 16.4 Å². The molecule has 1 heterocycles. The maximum Gasteiger partial charge on any atom is 0.339 e. The molecule has 110 valence electrons. The molecule has 3 N–H and O–H groups in total. The number of nitrogens with one attached hydrogen (secondary N) is 1. The number of thioether (sulfide) groups is 1. The molecule has 1 aromatic carbocycles. The Hall–Kier alpha value is -2.55. The first-order chi connectivity index (χ1) is 10.1. The van der Waals surface area contributed by atoms with Crippen molar-refractivity contribution in [3.05, 3.63) is 36.2 Å². The number of benzene rings is 1. The molecular weight excluding hydrogens is 294 g/mol. The standard InChI is InChI=1S/C12H13N5O3S/c1-20-11(19)8-4-2-3-5-9(8)15-10(18)6-21-12-16-14-7-17(12)13/h2-5,7H,6,13H2,1H3,(H,15,18). The van der Waals surface area contributed by atoms with Crippen LogP contribution < -0.4 is 11.2 Å². The summed E-state index contributed by atoms with van der Waals surface area (Å²) in [5.74, 6) is 4.82. The van der Waals surface area contributed by atoms with E-state index in [4.69, 9.17) is 5.84 Å². The second-order valence-corrected chi connectivity index (χ2v) is 4.84. The van der Waals surface area contributed by atoms with Gasteiger partial charge in [0.05, 0.1) is 24.1 Å². The Morgan fingerprint density at radius 1 is 1.43 bits per heavy atom. The van der Waals surface area contributed by atoms with Crippen LogP contribution in [0.1, 0.15) is 10.4 Å². The average molecular weight is 307 g/mol. The molecule has 0 aliphatic heterocycles. The van der Waals surface area contributed by atoms with E-state index in [-0.39, 0.29) is 11.7 Å². The van der Waals surface area contributed by atoms with Crippen LogP contribution in [0, 0.1) is 0 Å². The van der Waals surface area contributed by atoms with Gasteiger partial charge in [0.2, 0.25) is 11.1 Å². The summed E-state index contributed by atoms with van der Waals surface area (Å²) < 4.78 is 5.88. The third-order valence-electron chi connectivity index (χ3n) is 2.48. The number of carbonyl (C=O) groups is 2. The van der Waals surface area contributed by atoms with E-state index in [9.17, 15) is 9.59 Å². The molecule has 9 heteroatoms. The molecule has 0 spiro atoms. The molecule has 1 aromatic heterocycles. The summed E-state index contributed by atoms with van der Waals surface area (Å²) in [6.07, 6.45) is 1.34. The van der Waals surface area contributed by atoms with Gasteiger partial charge in [0.25, 0.3) is 0 Å². The largest absolute Gasteiger partial charge is 0.465 e. The number of nitrogen functional groups attached to an aromatic ring is 1. The highest BCUT2D eigenvalue weighted by Gasteiger charge is 2.14. The zero-order valence-electron chi connectivity index (χ0n) is 11.1. The summed E-state index contributed by atoms with van der Waals surface area (Å²) in [4.78, 5) is 23.5. The Morgan fingerprint density at radius 3 is 2.86 bits per heavy atom. The number of nitrogens with zero attached hydrogens (tertiary/aromatic N) is 3. The van der Waals surface area contributed by atoms with Gasteiger partial charge in [0, 0.05) is 0 Å². The highest BCUT2D eigenvalue weighted by atomic mass is 32.2. The molecule has 0 atom stereocenters. The lowest BCUT2D eigenvalue weighted by Crippen LogP contribution is -2.18. The minimum absolute atomic E-state index is 0.0887. The molecule has 0 aliphatic rings. The third-order valence-corrected chi connectivity index (χ3v) is 3.44. The van der Waals surface area contributed by atoms with Crippen LogP contribution in [0.2, 0.25) is 0 Å². The van der Waals surface area contributed by atoms with Gasteiger partial charge in [-0.15, -0.1) is 10.2 Å². The molecular formula is C12H13N5O3S. The van der Waals surface area contributed by atoms with E-state index in [1.54, 1.807) is 24.3 Å². The number of carbonyl (C=O) groups excluding carboxylic acids is 2. The van der Waals surface area contributed by atoms with Gasteiger partial charge in [0.15, 0.2) is 0 Å². The molecule has 0 fully saturated rings. The maximum absolute atomic E-state index is 11.9. The monoisotopic (exact) mass is 307 g/mol. The van der Waals surface area contributed by atoms with E-state index < -0.39 is 5.97 Å². The lowest BCUT2D eigenvalue weighted by Gasteiger charge is -2.09. The number of aromatic nitrogens is 3. The van der Waals surface area contributed by atoms with Gasteiger partial charge in [-0.1, -0.05) is 23.9 Å². The summed E-state index contributed by atoms with van der Waals surface area (Å²) in [6.45, 7) is 0. The molecule has 0 unspecified atom stereocenters. The zero-order valence-corrected chi connectivity index (χ0v) is 12.0. The van der Waals surface area contributed by atoms with E-state index in [1.165, 1.54) is 18.1 Å².